The second kappa shape index (κ2) is 6.25. The first-order chi connectivity index (χ1) is 8.88. The van der Waals surface area contributed by atoms with Crippen molar-refractivity contribution in [1.82, 2.24) is 5.32 Å². The topological polar surface area (TPSA) is 101 Å². The van der Waals surface area contributed by atoms with Crippen molar-refractivity contribution in [3.63, 3.8) is 0 Å². The number of sulfone groups is 1. The van der Waals surface area contributed by atoms with Crippen LogP contribution < -0.4 is 16.4 Å². The SMILES string of the molecule is CCNC(=O)c1sc(NCC)c(S(=O)(=O)CC)c1N. The molecule has 0 fully saturated rings. The van der Waals surface area contributed by atoms with Gasteiger partial charge >= 0.3 is 0 Å². The Bertz CT molecular complexity index is 564. The molecule has 0 atom stereocenters. The molecule has 4 N–H and O–H groups in total. The van der Waals surface area contributed by atoms with Crippen LogP contribution >= 0.6 is 11.3 Å². The minimum atomic E-state index is -3.47. The monoisotopic (exact) mass is 305 g/mol. The smallest absolute Gasteiger partial charge is 0.263 e. The van der Waals surface area contributed by atoms with E-state index >= 15 is 0 Å². The summed E-state index contributed by atoms with van der Waals surface area (Å²) >= 11 is 1.07. The lowest BCUT2D eigenvalue weighted by Crippen LogP contribution is -2.22. The van der Waals surface area contributed by atoms with Gasteiger partial charge in [0.2, 0.25) is 0 Å². The van der Waals surface area contributed by atoms with E-state index in [0.717, 1.165) is 11.3 Å². The van der Waals surface area contributed by atoms with E-state index in [9.17, 15) is 13.2 Å². The van der Waals surface area contributed by atoms with Crippen LogP contribution in [0.4, 0.5) is 10.7 Å². The third-order valence-electron chi connectivity index (χ3n) is 2.47. The van der Waals surface area contributed by atoms with Crippen molar-refractivity contribution in [3.05, 3.63) is 4.88 Å². The molecule has 0 radical (unpaired) electrons. The number of hydrogen-bond donors (Lipinski definition) is 3. The van der Waals surface area contributed by atoms with E-state index in [4.69, 9.17) is 5.73 Å². The van der Waals surface area contributed by atoms with Crippen molar-refractivity contribution in [1.29, 1.82) is 0 Å². The standard InChI is InChI=1S/C11H19N3O3S2/c1-4-13-10(15)8-7(12)9(19(16,17)6-3)11(18-8)14-5-2/h14H,4-6,12H2,1-3H3,(H,13,15). The first-order valence-corrected chi connectivity index (χ1v) is 8.52. The number of carbonyl (C=O) groups is 1. The summed E-state index contributed by atoms with van der Waals surface area (Å²) in [6.45, 7) is 6.21. The molecule has 0 aromatic carbocycles. The molecule has 0 aliphatic rings. The number of nitrogens with two attached hydrogens (primary N) is 1. The maximum atomic E-state index is 12.1. The molecule has 19 heavy (non-hydrogen) atoms. The van der Waals surface area contributed by atoms with Crippen molar-refractivity contribution in [3.8, 4) is 0 Å². The van der Waals surface area contributed by atoms with Crippen LogP contribution in [0.15, 0.2) is 4.90 Å². The predicted molar refractivity (Wildman–Crippen MR) is 78.6 cm³/mol. The van der Waals surface area contributed by atoms with Crippen molar-refractivity contribution >= 4 is 37.8 Å². The molecule has 6 nitrogen and oxygen atoms in total. The van der Waals surface area contributed by atoms with Gasteiger partial charge in [-0.2, -0.15) is 0 Å². The number of amides is 1. The summed E-state index contributed by atoms with van der Waals surface area (Å²) in [5, 5.41) is 6.01. The van der Waals surface area contributed by atoms with Gasteiger partial charge in [-0.05, 0) is 13.8 Å². The molecule has 8 heteroatoms. The number of anilines is 2. The van der Waals surface area contributed by atoms with Crippen molar-refractivity contribution in [2.75, 3.05) is 29.9 Å². The Morgan fingerprint density at radius 1 is 1.26 bits per heavy atom. The Morgan fingerprint density at radius 2 is 1.89 bits per heavy atom. The zero-order valence-corrected chi connectivity index (χ0v) is 12.9. The Hall–Kier alpha value is -1.28. The lowest BCUT2D eigenvalue weighted by Gasteiger charge is -2.05. The van der Waals surface area contributed by atoms with Crippen LogP contribution in [0.2, 0.25) is 0 Å². The number of nitrogens with one attached hydrogen (secondary N) is 2. The van der Waals surface area contributed by atoms with Crippen molar-refractivity contribution < 1.29 is 13.2 Å². The highest BCUT2D eigenvalue weighted by molar-refractivity contribution is 7.91. The van der Waals surface area contributed by atoms with Gasteiger partial charge in [0.15, 0.2) is 9.84 Å². The summed E-state index contributed by atoms with van der Waals surface area (Å²) in [7, 11) is -3.47. The number of nitrogen functional groups attached to an aromatic ring is 1. The van der Waals surface area contributed by atoms with Gasteiger partial charge in [0, 0.05) is 13.1 Å². The van der Waals surface area contributed by atoms with E-state index in [0.29, 0.717) is 18.1 Å². The van der Waals surface area contributed by atoms with Gasteiger partial charge in [0.05, 0.1) is 11.4 Å². The molecule has 1 aromatic heterocycles. The third kappa shape index (κ3) is 3.19. The minimum absolute atomic E-state index is 0.0359. The maximum absolute atomic E-state index is 12.1. The number of carbonyl (C=O) groups excluding carboxylic acids is 1. The molecule has 0 saturated heterocycles. The fourth-order valence-corrected chi connectivity index (χ4v) is 4.22. The molecule has 0 bridgehead atoms. The maximum Gasteiger partial charge on any atom is 0.263 e. The Balaban J connectivity index is 3.41. The molecule has 1 aromatic rings. The van der Waals surface area contributed by atoms with E-state index in [1.807, 2.05) is 6.92 Å². The molecule has 1 amide bonds. The first-order valence-electron chi connectivity index (χ1n) is 6.06. The minimum Gasteiger partial charge on any atom is -0.396 e. The molecule has 0 aliphatic heterocycles. The third-order valence-corrected chi connectivity index (χ3v) is 5.57. The largest absolute Gasteiger partial charge is 0.396 e. The van der Waals surface area contributed by atoms with Crippen LogP contribution in [0.1, 0.15) is 30.4 Å². The summed E-state index contributed by atoms with van der Waals surface area (Å²) in [5.74, 6) is -0.400. The van der Waals surface area contributed by atoms with Gasteiger partial charge < -0.3 is 16.4 Å². The van der Waals surface area contributed by atoms with E-state index in [-0.39, 0.29) is 27.1 Å². The van der Waals surface area contributed by atoms with E-state index < -0.39 is 9.84 Å². The van der Waals surface area contributed by atoms with Crippen LogP contribution in [-0.2, 0) is 9.84 Å². The zero-order chi connectivity index (χ0) is 14.6. The van der Waals surface area contributed by atoms with Crippen LogP contribution in [0.3, 0.4) is 0 Å². The Labute approximate surface area is 117 Å². The number of hydrogen-bond acceptors (Lipinski definition) is 6. The Kier molecular flexibility index (Phi) is 5.19. The second-order valence-corrected chi connectivity index (χ2v) is 7.03. The summed E-state index contributed by atoms with van der Waals surface area (Å²) in [6, 6.07) is 0. The predicted octanol–water partition coefficient (Wildman–Crippen LogP) is 1.31. The molecule has 1 rings (SSSR count). The zero-order valence-electron chi connectivity index (χ0n) is 11.2. The number of thiophene rings is 1. The highest BCUT2D eigenvalue weighted by Crippen LogP contribution is 2.39. The molecule has 108 valence electrons. The highest BCUT2D eigenvalue weighted by Gasteiger charge is 2.28. The van der Waals surface area contributed by atoms with Gasteiger partial charge in [-0.25, -0.2) is 8.42 Å². The molecular weight excluding hydrogens is 286 g/mol. The van der Waals surface area contributed by atoms with Crippen LogP contribution in [0.5, 0.6) is 0 Å². The summed E-state index contributed by atoms with van der Waals surface area (Å²) in [5.41, 5.74) is 5.89. The fraction of sp³-hybridized carbons (Fsp3) is 0.545. The van der Waals surface area contributed by atoms with Gasteiger partial charge in [-0.15, -0.1) is 11.3 Å². The van der Waals surface area contributed by atoms with Gasteiger partial charge in [0.25, 0.3) is 5.91 Å². The average Bonchev–Trinajstić information content (AvgIpc) is 2.68. The highest BCUT2D eigenvalue weighted by atomic mass is 32.2. The van der Waals surface area contributed by atoms with Crippen molar-refractivity contribution in [2.24, 2.45) is 0 Å². The summed E-state index contributed by atoms with van der Waals surface area (Å²) in [4.78, 5) is 12.1. The van der Waals surface area contributed by atoms with E-state index in [1.165, 1.54) is 0 Å². The van der Waals surface area contributed by atoms with Gasteiger partial charge in [-0.1, -0.05) is 6.92 Å². The van der Waals surface area contributed by atoms with Gasteiger partial charge in [0.1, 0.15) is 14.8 Å². The molecular formula is C11H19N3O3S2. The lowest BCUT2D eigenvalue weighted by molar-refractivity contribution is 0.0960. The van der Waals surface area contributed by atoms with Gasteiger partial charge in [-0.3, -0.25) is 4.79 Å². The molecule has 0 aliphatic carbocycles. The normalized spacial score (nSPS) is 11.3. The lowest BCUT2D eigenvalue weighted by atomic mass is 10.3. The summed E-state index contributed by atoms with van der Waals surface area (Å²) in [6.07, 6.45) is 0. The Morgan fingerprint density at radius 3 is 2.37 bits per heavy atom. The van der Waals surface area contributed by atoms with Crippen LogP contribution in [0.25, 0.3) is 0 Å². The van der Waals surface area contributed by atoms with E-state index in [2.05, 4.69) is 10.6 Å². The molecule has 0 spiro atoms. The molecule has 0 saturated carbocycles. The number of rotatable bonds is 6. The quantitative estimate of drug-likeness (QED) is 0.735. The van der Waals surface area contributed by atoms with Crippen LogP contribution in [0, 0.1) is 0 Å². The fourth-order valence-electron chi connectivity index (χ4n) is 1.57. The van der Waals surface area contributed by atoms with Crippen molar-refractivity contribution in [2.45, 2.75) is 25.7 Å². The van der Waals surface area contributed by atoms with Crippen LogP contribution in [-0.4, -0.2) is 33.2 Å². The average molecular weight is 305 g/mol. The molecule has 1 heterocycles. The molecule has 0 unspecified atom stereocenters. The van der Waals surface area contributed by atoms with E-state index in [1.54, 1.807) is 13.8 Å². The summed E-state index contributed by atoms with van der Waals surface area (Å²) < 4.78 is 24.1. The second-order valence-electron chi connectivity index (χ2n) is 3.80. The first kappa shape index (κ1) is 15.8.